The lowest BCUT2D eigenvalue weighted by molar-refractivity contribution is 0.0955. The predicted molar refractivity (Wildman–Crippen MR) is 101 cm³/mol. The van der Waals surface area contributed by atoms with Crippen LogP contribution in [-0.4, -0.2) is 29.2 Å². The number of nitrogens with one attached hydrogen (secondary N) is 2. The van der Waals surface area contributed by atoms with E-state index in [-0.39, 0.29) is 11.7 Å². The minimum absolute atomic E-state index is 0.0962. The summed E-state index contributed by atoms with van der Waals surface area (Å²) in [7, 11) is 0. The van der Waals surface area contributed by atoms with E-state index in [0.29, 0.717) is 30.2 Å². The minimum Gasteiger partial charge on any atom is -0.358 e. The Morgan fingerprint density at radius 3 is 2.50 bits per heavy atom. The third kappa shape index (κ3) is 5.10. The summed E-state index contributed by atoms with van der Waals surface area (Å²) in [6.45, 7) is 3.03. The molecule has 2 aromatic carbocycles. The van der Waals surface area contributed by atoms with Crippen LogP contribution in [0.2, 0.25) is 0 Å². The van der Waals surface area contributed by atoms with Gasteiger partial charge in [0.05, 0.1) is 0 Å². The molecule has 3 aromatic rings. The molecule has 7 heteroatoms. The quantitative estimate of drug-likeness (QED) is 0.626. The van der Waals surface area contributed by atoms with Gasteiger partial charge in [0.25, 0.3) is 5.91 Å². The molecule has 1 aromatic heterocycles. The van der Waals surface area contributed by atoms with Gasteiger partial charge in [-0.15, -0.1) is 10.2 Å². The molecule has 0 saturated heterocycles. The standard InChI is InChI=1S/C19H19FN4OS/c1-13-2-6-15(7-3-13)18(25)21-10-11-22-19-24-23-17(26-19)12-14-4-8-16(20)9-5-14/h2-9H,10-12H2,1H3,(H,21,25)(H,22,24). The van der Waals surface area contributed by atoms with Crippen molar-refractivity contribution in [3.63, 3.8) is 0 Å². The van der Waals surface area contributed by atoms with Gasteiger partial charge in [0.15, 0.2) is 0 Å². The van der Waals surface area contributed by atoms with Crippen LogP contribution in [0.15, 0.2) is 48.5 Å². The topological polar surface area (TPSA) is 66.9 Å². The largest absolute Gasteiger partial charge is 0.358 e. The molecule has 0 atom stereocenters. The summed E-state index contributed by atoms with van der Waals surface area (Å²) in [4.78, 5) is 12.0. The molecule has 0 radical (unpaired) electrons. The lowest BCUT2D eigenvalue weighted by Crippen LogP contribution is -2.28. The van der Waals surface area contributed by atoms with Crippen LogP contribution in [0.1, 0.15) is 26.5 Å². The molecule has 2 N–H and O–H groups in total. The van der Waals surface area contributed by atoms with E-state index < -0.39 is 0 Å². The number of anilines is 1. The van der Waals surface area contributed by atoms with E-state index in [2.05, 4.69) is 20.8 Å². The fourth-order valence-corrected chi connectivity index (χ4v) is 3.13. The van der Waals surface area contributed by atoms with E-state index in [1.165, 1.54) is 23.5 Å². The Morgan fingerprint density at radius 1 is 1.04 bits per heavy atom. The highest BCUT2D eigenvalue weighted by Gasteiger charge is 2.06. The first-order valence-corrected chi connectivity index (χ1v) is 9.07. The Hall–Kier alpha value is -2.80. The number of amides is 1. The molecule has 0 saturated carbocycles. The maximum Gasteiger partial charge on any atom is 0.251 e. The minimum atomic E-state index is -0.249. The van der Waals surface area contributed by atoms with Gasteiger partial charge in [-0.25, -0.2) is 4.39 Å². The Morgan fingerprint density at radius 2 is 1.77 bits per heavy atom. The van der Waals surface area contributed by atoms with Gasteiger partial charge in [0, 0.05) is 25.1 Å². The van der Waals surface area contributed by atoms with Crippen molar-refractivity contribution in [2.24, 2.45) is 0 Å². The second-order valence-corrected chi connectivity index (χ2v) is 6.91. The molecule has 0 fully saturated rings. The number of halogens is 1. The van der Waals surface area contributed by atoms with Gasteiger partial charge in [-0.3, -0.25) is 4.79 Å². The molecule has 1 heterocycles. The summed E-state index contributed by atoms with van der Waals surface area (Å²) in [5.41, 5.74) is 2.75. The summed E-state index contributed by atoms with van der Waals surface area (Å²) in [6, 6.07) is 13.8. The van der Waals surface area contributed by atoms with Gasteiger partial charge in [0.1, 0.15) is 10.8 Å². The van der Waals surface area contributed by atoms with Crippen LogP contribution in [0.3, 0.4) is 0 Å². The summed E-state index contributed by atoms with van der Waals surface area (Å²) < 4.78 is 12.9. The molecule has 0 aliphatic heterocycles. The highest BCUT2D eigenvalue weighted by Crippen LogP contribution is 2.18. The molecule has 26 heavy (non-hydrogen) atoms. The van der Waals surface area contributed by atoms with E-state index in [9.17, 15) is 9.18 Å². The number of aryl methyl sites for hydroxylation is 1. The first-order chi connectivity index (χ1) is 12.6. The molecule has 0 bridgehead atoms. The first kappa shape index (κ1) is 18.0. The van der Waals surface area contributed by atoms with Gasteiger partial charge in [-0.1, -0.05) is 41.2 Å². The second kappa shape index (κ2) is 8.53. The highest BCUT2D eigenvalue weighted by atomic mass is 32.1. The maximum absolute atomic E-state index is 12.9. The van der Waals surface area contributed by atoms with Crippen molar-refractivity contribution in [3.05, 3.63) is 76.0 Å². The van der Waals surface area contributed by atoms with E-state index in [0.717, 1.165) is 16.1 Å². The maximum atomic E-state index is 12.9. The van der Waals surface area contributed by atoms with Crippen LogP contribution in [0.5, 0.6) is 0 Å². The number of aromatic nitrogens is 2. The SMILES string of the molecule is Cc1ccc(C(=O)NCCNc2nnc(Cc3ccc(F)cc3)s2)cc1. The van der Waals surface area contributed by atoms with Crippen LogP contribution in [0, 0.1) is 12.7 Å². The molecule has 0 unspecified atom stereocenters. The second-order valence-electron chi connectivity index (χ2n) is 5.85. The van der Waals surface area contributed by atoms with Crippen LogP contribution >= 0.6 is 11.3 Å². The molecule has 0 aliphatic carbocycles. The zero-order valence-corrected chi connectivity index (χ0v) is 15.1. The number of rotatable bonds is 7. The van der Waals surface area contributed by atoms with E-state index in [4.69, 9.17) is 0 Å². The van der Waals surface area contributed by atoms with Gasteiger partial charge >= 0.3 is 0 Å². The number of nitrogens with zero attached hydrogens (tertiary/aromatic N) is 2. The van der Waals surface area contributed by atoms with E-state index in [1.807, 2.05) is 31.2 Å². The Balaban J connectivity index is 1.42. The predicted octanol–water partition coefficient (Wildman–Crippen LogP) is 3.42. The molecule has 3 rings (SSSR count). The molecule has 0 spiro atoms. The summed E-state index contributed by atoms with van der Waals surface area (Å²) in [6.07, 6.45) is 0.615. The van der Waals surface area contributed by atoms with Crippen LogP contribution < -0.4 is 10.6 Å². The zero-order chi connectivity index (χ0) is 18.4. The first-order valence-electron chi connectivity index (χ1n) is 8.26. The van der Waals surface area contributed by atoms with Gasteiger partial charge in [0.2, 0.25) is 5.13 Å². The Kier molecular flexibility index (Phi) is 5.91. The number of hydrogen-bond acceptors (Lipinski definition) is 5. The monoisotopic (exact) mass is 370 g/mol. The molecule has 0 aliphatic rings. The zero-order valence-electron chi connectivity index (χ0n) is 14.3. The van der Waals surface area contributed by atoms with Crippen molar-refractivity contribution in [1.82, 2.24) is 15.5 Å². The van der Waals surface area contributed by atoms with Crippen molar-refractivity contribution in [1.29, 1.82) is 0 Å². The number of hydrogen-bond donors (Lipinski definition) is 2. The third-order valence-electron chi connectivity index (χ3n) is 3.74. The number of benzene rings is 2. The number of carbonyl (C=O) groups excluding carboxylic acids is 1. The van der Waals surface area contributed by atoms with Gasteiger partial charge in [-0.2, -0.15) is 0 Å². The average Bonchev–Trinajstić information content (AvgIpc) is 3.08. The van der Waals surface area contributed by atoms with E-state index in [1.54, 1.807) is 12.1 Å². The summed E-state index contributed by atoms with van der Waals surface area (Å²) in [5.74, 6) is -0.345. The number of carbonyl (C=O) groups is 1. The highest BCUT2D eigenvalue weighted by molar-refractivity contribution is 7.15. The van der Waals surface area contributed by atoms with Gasteiger partial charge in [-0.05, 0) is 36.8 Å². The van der Waals surface area contributed by atoms with Crippen LogP contribution in [0.25, 0.3) is 0 Å². The van der Waals surface area contributed by atoms with Crippen LogP contribution in [0.4, 0.5) is 9.52 Å². The van der Waals surface area contributed by atoms with Crippen molar-refractivity contribution in [2.75, 3.05) is 18.4 Å². The van der Waals surface area contributed by atoms with E-state index >= 15 is 0 Å². The molecule has 1 amide bonds. The lowest BCUT2D eigenvalue weighted by Gasteiger charge is -2.06. The fraction of sp³-hybridized carbons (Fsp3) is 0.211. The average molecular weight is 370 g/mol. The van der Waals surface area contributed by atoms with Crippen molar-refractivity contribution < 1.29 is 9.18 Å². The van der Waals surface area contributed by atoms with Crippen LogP contribution in [-0.2, 0) is 6.42 Å². The Labute approximate surface area is 155 Å². The molecule has 5 nitrogen and oxygen atoms in total. The summed E-state index contributed by atoms with van der Waals surface area (Å²) in [5, 5.41) is 15.8. The fourth-order valence-electron chi connectivity index (χ4n) is 2.33. The molecule has 134 valence electrons. The molecular formula is C19H19FN4OS. The normalized spacial score (nSPS) is 10.5. The third-order valence-corrected chi connectivity index (χ3v) is 4.62. The van der Waals surface area contributed by atoms with Gasteiger partial charge < -0.3 is 10.6 Å². The lowest BCUT2D eigenvalue weighted by atomic mass is 10.1. The van der Waals surface area contributed by atoms with Crippen molar-refractivity contribution in [3.8, 4) is 0 Å². The molecular weight excluding hydrogens is 351 g/mol. The Bertz CT molecular complexity index is 862. The smallest absolute Gasteiger partial charge is 0.251 e. The summed E-state index contributed by atoms with van der Waals surface area (Å²) >= 11 is 1.45. The van der Waals surface area contributed by atoms with Crippen molar-refractivity contribution >= 4 is 22.4 Å². The van der Waals surface area contributed by atoms with Crippen molar-refractivity contribution in [2.45, 2.75) is 13.3 Å².